The smallest absolute Gasteiger partial charge is 0.268 e. The quantitative estimate of drug-likeness (QED) is 0.0678. The molecule has 0 aliphatic heterocycles. The SMILES string of the molecule is CC(c1nc2ccccc2c(=O)n1-c1ccc(C(F)(F)F)cc1)=[N+](Cc1ccccc1)C(=O)Cc1ccc(C(F)(F)F)cc1.CC(c1nc2ccccc2c(=O)n1-c1ccc(C)cc1)=[N+](Cc1cccnc1)C(=O)Cc1ccc(C(F)(F)F)cc1. The van der Waals surface area contributed by atoms with Crippen molar-refractivity contribution in [1.29, 1.82) is 0 Å². The van der Waals surface area contributed by atoms with Crippen molar-refractivity contribution in [1.82, 2.24) is 24.1 Å². The molecule has 0 atom stereocenters. The van der Waals surface area contributed by atoms with Crippen LogP contribution < -0.4 is 11.1 Å². The summed E-state index contributed by atoms with van der Waals surface area (Å²) in [5.41, 5.74) is 1.96. The van der Waals surface area contributed by atoms with Gasteiger partial charge in [-0.3, -0.25) is 23.7 Å². The summed E-state index contributed by atoms with van der Waals surface area (Å²) in [7, 11) is 0. The van der Waals surface area contributed by atoms with E-state index in [9.17, 15) is 58.7 Å². The van der Waals surface area contributed by atoms with E-state index < -0.39 is 46.7 Å². The Balaban J connectivity index is 0.000000204. The van der Waals surface area contributed by atoms with Gasteiger partial charge in [-0.2, -0.15) is 48.7 Å². The predicted octanol–water partition coefficient (Wildman–Crippen LogP) is 13.1. The van der Waals surface area contributed by atoms with E-state index >= 15 is 0 Å². The van der Waals surface area contributed by atoms with E-state index in [4.69, 9.17) is 4.98 Å². The fourth-order valence-electron chi connectivity index (χ4n) is 9.36. The van der Waals surface area contributed by atoms with E-state index in [-0.39, 0.29) is 65.8 Å². The fourth-order valence-corrected chi connectivity index (χ4v) is 9.36. The van der Waals surface area contributed by atoms with E-state index in [2.05, 4.69) is 9.97 Å². The van der Waals surface area contributed by atoms with Crippen molar-refractivity contribution in [3.05, 3.63) is 277 Å². The second-order valence-corrected chi connectivity index (χ2v) is 19.8. The van der Waals surface area contributed by atoms with Crippen LogP contribution in [0, 0.1) is 6.92 Å². The number of hydrogen-bond donors (Lipinski definition) is 0. The second-order valence-electron chi connectivity index (χ2n) is 19.8. The summed E-state index contributed by atoms with van der Waals surface area (Å²) in [6, 6.07) is 46.1. The summed E-state index contributed by atoms with van der Waals surface area (Å²) in [6.07, 6.45) is -10.8. The zero-order chi connectivity index (χ0) is 60.8. The highest BCUT2D eigenvalue weighted by molar-refractivity contribution is 5.98. The molecule has 430 valence electrons. The third-order valence-corrected chi connectivity index (χ3v) is 13.9. The van der Waals surface area contributed by atoms with Crippen LogP contribution in [0.1, 0.15) is 70.0 Å². The number of aromatic nitrogens is 5. The number of fused-ring (bicyclic) bond motifs is 2. The Morgan fingerprint density at radius 1 is 0.435 bits per heavy atom. The van der Waals surface area contributed by atoms with Crippen molar-refractivity contribution in [2.45, 2.75) is 65.2 Å². The fraction of sp³-hybridized carbons (Fsp3) is 0.154. The lowest BCUT2D eigenvalue weighted by Crippen LogP contribution is -2.33. The third kappa shape index (κ3) is 13.9. The van der Waals surface area contributed by atoms with Crippen molar-refractivity contribution in [3.63, 3.8) is 0 Å². The van der Waals surface area contributed by atoms with Gasteiger partial charge in [-0.15, -0.1) is 0 Å². The first kappa shape index (κ1) is 59.6. The highest BCUT2D eigenvalue weighted by Gasteiger charge is 2.34. The molecule has 0 unspecified atom stereocenters. The van der Waals surface area contributed by atoms with Crippen LogP contribution in [-0.4, -0.2) is 56.5 Å². The molecule has 10 rings (SSSR count). The molecule has 0 bridgehead atoms. The van der Waals surface area contributed by atoms with Crippen LogP contribution in [0.4, 0.5) is 39.5 Å². The lowest BCUT2D eigenvalue weighted by molar-refractivity contribution is -0.465. The topological polar surface area (TPSA) is 123 Å². The molecule has 85 heavy (non-hydrogen) atoms. The molecule has 10 aromatic rings. The first-order chi connectivity index (χ1) is 40.4. The molecule has 3 heterocycles. The van der Waals surface area contributed by atoms with Crippen LogP contribution in [0.25, 0.3) is 33.2 Å². The van der Waals surface area contributed by atoms with Crippen molar-refractivity contribution < 1.29 is 58.3 Å². The van der Waals surface area contributed by atoms with E-state index in [0.717, 1.165) is 69.8 Å². The summed E-state index contributed by atoms with van der Waals surface area (Å²) in [5, 5.41) is 0.647. The molecule has 0 saturated carbocycles. The molecule has 7 aromatic carbocycles. The van der Waals surface area contributed by atoms with E-state index in [1.54, 1.807) is 111 Å². The Labute approximate surface area is 479 Å². The molecule has 0 fully saturated rings. The summed E-state index contributed by atoms with van der Waals surface area (Å²) in [6.45, 7) is 5.36. The standard InChI is InChI=1S/C33H24F6N3O2.C32H26F3N4O2/c1-21(41(20-23-7-3-2-4-8-23)29(43)19-22-11-13-24(14-12-22)32(34,35)36)30-40-28-10-6-5-9-27(28)31(44)42(30)26-17-15-25(16-18-26)33(37,38)39;1-21-9-15-26(16-10-21)39-30(37-28-8-4-3-7-27(28)31(39)41)22(2)38(20-24-6-5-17-36-19-24)29(40)18-23-11-13-25(14-12-23)32(33,34)35/h2-18H,19-20H2,1H3;3-17,19H,18,20H2,1-2H3/q2*+1. The monoisotopic (exact) mass is 1160 g/mol. The number of carbonyl (C=O) groups is 2. The minimum Gasteiger partial charge on any atom is -0.268 e. The first-order valence-electron chi connectivity index (χ1n) is 26.3. The molecule has 3 aromatic heterocycles. The molecule has 0 aliphatic carbocycles. The molecule has 11 nitrogen and oxygen atoms in total. The molecule has 2 amide bonds. The van der Waals surface area contributed by atoms with E-state index in [0.29, 0.717) is 38.9 Å². The van der Waals surface area contributed by atoms with Crippen molar-refractivity contribution in [3.8, 4) is 11.4 Å². The number of halogens is 9. The number of pyridine rings is 1. The Hall–Kier alpha value is -9.98. The Morgan fingerprint density at radius 2 is 0.800 bits per heavy atom. The maximum absolute atomic E-state index is 13.8. The van der Waals surface area contributed by atoms with E-state index in [1.165, 1.54) is 38.0 Å². The number of hydrogen-bond acceptors (Lipinski definition) is 7. The van der Waals surface area contributed by atoms with Gasteiger partial charge in [0.15, 0.2) is 13.1 Å². The molecule has 0 saturated heterocycles. The molecule has 0 spiro atoms. The number of aryl methyl sites for hydroxylation is 1. The molecule has 20 heteroatoms. The average Bonchev–Trinajstić information content (AvgIpc) is 1.52. The first-order valence-corrected chi connectivity index (χ1v) is 26.3. The number of benzene rings is 7. The Kier molecular flexibility index (Phi) is 17.4. The molecule has 0 N–H and O–H groups in total. The van der Waals surface area contributed by atoms with Crippen LogP contribution in [0.5, 0.6) is 0 Å². The highest BCUT2D eigenvalue weighted by atomic mass is 19.4. The zero-order valence-corrected chi connectivity index (χ0v) is 45.5. The van der Waals surface area contributed by atoms with E-state index in [1.807, 2.05) is 37.3 Å². The van der Waals surface area contributed by atoms with Crippen molar-refractivity contribution >= 4 is 45.0 Å². The van der Waals surface area contributed by atoms with Gasteiger partial charge >= 0.3 is 30.3 Å². The number of carbonyl (C=O) groups excluding carboxylic acids is 2. The maximum atomic E-state index is 13.8. The Morgan fingerprint density at radius 3 is 1.20 bits per heavy atom. The summed E-state index contributed by atoms with van der Waals surface area (Å²) in [5.74, 6) is -0.566. The lowest BCUT2D eigenvalue weighted by atomic mass is 10.1. The van der Waals surface area contributed by atoms with Crippen LogP contribution in [0.2, 0.25) is 0 Å². The van der Waals surface area contributed by atoms with Crippen molar-refractivity contribution in [2.75, 3.05) is 0 Å². The summed E-state index contributed by atoms with van der Waals surface area (Å²) >= 11 is 0. The molecular weight excluding hydrogens is 1110 g/mol. The van der Waals surface area contributed by atoms with Crippen LogP contribution in [0.15, 0.2) is 210 Å². The third-order valence-electron chi connectivity index (χ3n) is 13.9. The zero-order valence-electron chi connectivity index (χ0n) is 45.5. The van der Waals surface area contributed by atoms with Crippen LogP contribution >= 0.6 is 0 Å². The number of para-hydroxylation sites is 2. The highest BCUT2D eigenvalue weighted by Crippen LogP contribution is 2.32. The average molecular weight is 1160 g/mol. The number of amides is 2. The van der Waals surface area contributed by atoms with Crippen LogP contribution in [0.3, 0.4) is 0 Å². The van der Waals surface area contributed by atoms with Gasteiger partial charge < -0.3 is 0 Å². The van der Waals surface area contributed by atoms with Gasteiger partial charge in [-0.25, -0.2) is 19.6 Å². The van der Waals surface area contributed by atoms with Gasteiger partial charge in [-0.05, 0) is 115 Å². The lowest BCUT2D eigenvalue weighted by Gasteiger charge is -2.15. The minimum absolute atomic E-state index is 0.0187. The van der Waals surface area contributed by atoms with Gasteiger partial charge in [-0.1, -0.05) is 96.6 Å². The number of alkyl halides is 9. The minimum atomic E-state index is -4.59. The Bertz CT molecular complexity index is 4280. The van der Waals surface area contributed by atoms with Gasteiger partial charge in [0, 0.05) is 37.4 Å². The van der Waals surface area contributed by atoms with Crippen LogP contribution in [-0.2, 0) is 54.0 Å². The second kappa shape index (κ2) is 24.9. The maximum Gasteiger partial charge on any atom is 0.416 e. The van der Waals surface area contributed by atoms with Crippen molar-refractivity contribution in [2.24, 2.45) is 0 Å². The summed E-state index contributed by atoms with van der Waals surface area (Å²) < 4.78 is 124. The molecular formula is C65H50F9N7O4+2. The van der Waals surface area contributed by atoms with Gasteiger partial charge in [0.05, 0.1) is 62.7 Å². The number of rotatable bonds is 12. The predicted molar refractivity (Wildman–Crippen MR) is 303 cm³/mol. The molecule has 0 aliphatic rings. The normalized spacial score (nSPS) is 12.5. The largest absolute Gasteiger partial charge is 0.416 e. The summed E-state index contributed by atoms with van der Waals surface area (Å²) in [4.78, 5) is 68.8. The number of nitrogens with zero attached hydrogens (tertiary/aromatic N) is 7. The van der Waals surface area contributed by atoms with Gasteiger partial charge in [0.25, 0.3) is 11.1 Å². The van der Waals surface area contributed by atoms with Gasteiger partial charge in [0.1, 0.15) is 0 Å². The van der Waals surface area contributed by atoms with Gasteiger partial charge in [0.2, 0.25) is 23.1 Å². The molecule has 0 radical (unpaired) electrons.